The Bertz CT molecular complexity index is 949. The molecule has 0 aliphatic rings. The summed E-state index contributed by atoms with van der Waals surface area (Å²) in [5.74, 6) is 0.134. The van der Waals surface area contributed by atoms with E-state index in [2.05, 4.69) is 5.32 Å². The van der Waals surface area contributed by atoms with Crippen LogP contribution in [-0.2, 0) is 16.1 Å². The fourth-order valence-electron chi connectivity index (χ4n) is 3.23. The Morgan fingerprint density at radius 2 is 1.75 bits per heavy atom. The molecule has 2 atom stereocenters. The summed E-state index contributed by atoms with van der Waals surface area (Å²) in [5, 5.41) is 3.94. The minimum atomic E-state index is -0.647. The molecule has 32 heavy (non-hydrogen) atoms. The highest BCUT2D eigenvalue weighted by molar-refractivity contribution is 6.35. The lowest BCUT2D eigenvalue weighted by Gasteiger charge is -2.31. The van der Waals surface area contributed by atoms with Crippen LogP contribution in [0.25, 0.3) is 0 Å². The van der Waals surface area contributed by atoms with Gasteiger partial charge in [0.2, 0.25) is 5.91 Å². The minimum absolute atomic E-state index is 0.0133. The molecule has 0 spiro atoms. The van der Waals surface area contributed by atoms with Crippen LogP contribution in [0.3, 0.4) is 0 Å². The number of carbonyl (C=O) groups excluding carboxylic acids is 2. The molecule has 2 amide bonds. The molecular formula is C25H32Cl2N2O3. The number of benzene rings is 2. The van der Waals surface area contributed by atoms with Gasteiger partial charge in [0, 0.05) is 22.6 Å². The van der Waals surface area contributed by atoms with Crippen LogP contribution in [0.1, 0.15) is 50.3 Å². The Hall–Kier alpha value is -2.24. The van der Waals surface area contributed by atoms with Crippen molar-refractivity contribution in [3.05, 3.63) is 63.1 Å². The predicted octanol–water partition coefficient (Wildman–Crippen LogP) is 5.71. The van der Waals surface area contributed by atoms with Crippen molar-refractivity contribution in [2.75, 3.05) is 6.61 Å². The van der Waals surface area contributed by atoms with Gasteiger partial charge in [-0.2, -0.15) is 0 Å². The fraction of sp³-hybridized carbons (Fsp3) is 0.440. The number of halogens is 2. The second kappa shape index (κ2) is 12.1. The first-order valence-electron chi connectivity index (χ1n) is 10.9. The molecule has 0 heterocycles. The van der Waals surface area contributed by atoms with Gasteiger partial charge in [0.05, 0.1) is 0 Å². The second-order valence-electron chi connectivity index (χ2n) is 8.03. The zero-order valence-corrected chi connectivity index (χ0v) is 20.9. The zero-order valence-electron chi connectivity index (χ0n) is 19.4. The van der Waals surface area contributed by atoms with E-state index in [1.807, 2.05) is 52.8 Å². The van der Waals surface area contributed by atoms with E-state index >= 15 is 0 Å². The number of amides is 2. The maximum atomic E-state index is 13.3. The summed E-state index contributed by atoms with van der Waals surface area (Å²) in [6.07, 6.45) is 1.26. The summed E-state index contributed by atoms with van der Waals surface area (Å²) in [4.78, 5) is 27.8. The lowest BCUT2D eigenvalue weighted by Crippen LogP contribution is -2.51. The Morgan fingerprint density at radius 1 is 1.03 bits per heavy atom. The molecule has 0 saturated carbocycles. The molecule has 0 aliphatic heterocycles. The Balaban J connectivity index is 2.26. The number of hydrogen-bond donors (Lipinski definition) is 1. The van der Waals surface area contributed by atoms with Gasteiger partial charge in [-0.1, -0.05) is 49.2 Å². The molecule has 0 saturated heterocycles. The average Bonchev–Trinajstić information content (AvgIpc) is 2.75. The highest BCUT2D eigenvalue weighted by Gasteiger charge is 2.30. The van der Waals surface area contributed by atoms with Gasteiger partial charge in [-0.3, -0.25) is 9.59 Å². The van der Waals surface area contributed by atoms with Gasteiger partial charge in [-0.15, -0.1) is 0 Å². The van der Waals surface area contributed by atoms with Crippen molar-refractivity contribution in [3.8, 4) is 5.75 Å². The van der Waals surface area contributed by atoms with Crippen LogP contribution in [0, 0.1) is 13.8 Å². The first-order chi connectivity index (χ1) is 15.2. The Kier molecular flexibility index (Phi) is 9.85. The average molecular weight is 479 g/mol. The number of ether oxygens (including phenoxy) is 1. The lowest BCUT2D eigenvalue weighted by molar-refractivity contribution is -0.143. The summed E-state index contributed by atoms with van der Waals surface area (Å²) in [6, 6.07) is 10.2. The standard InChI is InChI=1S/C25H32Cl2N2O3/c1-6-18(5)28-25(31)23(7-2)29(14-19-9-10-20(26)13-22(19)27)24(30)15-32-21-11-8-16(3)17(4)12-21/h8-13,18,23H,6-7,14-15H2,1-5H3,(H,28,31). The molecule has 0 aliphatic carbocycles. The van der Waals surface area contributed by atoms with Gasteiger partial charge in [0.25, 0.3) is 5.91 Å². The quantitative estimate of drug-likeness (QED) is 0.475. The van der Waals surface area contributed by atoms with Crippen LogP contribution in [0.4, 0.5) is 0 Å². The molecule has 1 N–H and O–H groups in total. The first kappa shape index (κ1) is 26.0. The van der Waals surface area contributed by atoms with Gasteiger partial charge in [0.15, 0.2) is 6.61 Å². The molecule has 2 unspecified atom stereocenters. The molecular weight excluding hydrogens is 447 g/mol. The van der Waals surface area contributed by atoms with Crippen LogP contribution in [0.15, 0.2) is 36.4 Å². The third-order valence-electron chi connectivity index (χ3n) is 5.58. The minimum Gasteiger partial charge on any atom is -0.484 e. The van der Waals surface area contributed by atoms with Crippen LogP contribution in [-0.4, -0.2) is 35.4 Å². The monoisotopic (exact) mass is 478 g/mol. The topological polar surface area (TPSA) is 58.6 Å². The van der Waals surface area contributed by atoms with Gasteiger partial charge in [-0.05, 0) is 74.6 Å². The van der Waals surface area contributed by atoms with Crippen molar-refractivity contribution in [1.82, 2.24) is 10.2 Å². The van der Waals surface area contributed by atoms with Crippen molar-refractivity contribution < 1.29 is 14.3 Å². The molecule has 174 valence electrons. The summed E-state index contributed by atoms with van der Waals surface area (Å²) in [5.41, 5.74) is 2.94. The molecule has 5 nitrogen and oxygen atoms in total. The zero-order chi connectivity index (χ0) is 23.8. The van der Waals surface area contributed by atoms with Crippen LogP contribution in [0.2, 0.25) is 10.0 Å². The second-order valence-corrected chi connectivity index (χ2v) is 8.88. The van der Waals surface area contributed by atoms with E-state index in [-0.39, 0.29) is 31.0 Å². The number of nitrogens with zero attached hydrogens (tertiary/aromatic N) is 1. The van der Waals surface area contributed by atoms with Crippen LogP contribution in [0.5, 0.6) is 5.75 Å². The third kappa shape index (κ3) is 7.14. The Morgan fingerprint density at radius 3 is 2.34 bits per heavy atom. The maximum Gasteiger partial charge on any atom is 0.261 e. The molecule has 0 bridgehead atoms. The number of aryl methyl sites for hydroxylation is 2. The molecule has 2 rings (SSSR count). The molecule has 7 heteroatoms. The van der Waals surface area contributed by atoms with E-state index in [1.165, 1.54) is 4.90 Å². The predicted molar refractivity (Wildman–Crippen MR) is 130 cm³/mol. The lowest BCUT2D eigenvalue weighted by atomic mass is 10.1. The SMILES string of the molecule is CCC(C)NC(=O)C(CC)N(Cc1ccc(Cl)cc1Cl)C(=O)COc1ccc(C)c(C)c1. The summed E-state index contributed by atoms with van der Waals surface area (Å²) in [6.45, 7) is 9.83. The molecule has 0 radical (unpaired) electrons. The van der Waals surface area contributed by atoms with Gasteiger partial charge < -0.3 is 15.0 Å². The van der Waals surface area contributed by atoms with Crippen molar-refractivity contribution in [2.45, 2.75) is 66.1 Å². The third-order valence-corrected chi connectivity index (χ3v) is 6.17. The molecule has 0 aromatic heterocycles. The summed E-state index contributed by atoms with van der Waals surface area (Å²) >= 11 is 12.4. The van der Waals surface area contributed by atoms with E-state index in [4.69, 9.17) is 27.9 Å². The number of carbonyl (C=O) groups is 2. The summed E-state index contributed by atoms with van der Waals surface area (Å²) < 4.78 is 5.77. The van der Waals surface area contributed by atoms with E-state index in [9.17, 15) is 9.59 Å². The van der Waals surface area contributed by atoms with Gasteiger partial charge in [-0.25, -0.2) is 0 Å². The number of nitrogens with one attached hydrogen (secondary N) is 1. The fourth-order valence-corrected chi connectivity index (χ4v) is 3.69. The van der Waals surface area contributed by atoms with E-state index in [1.54, 1.807) is 18.2 Å². The van der Waals surface area contributed by atoms with E-state index < -0.39 is 6.04 Å². The molecule has 2 aromatic carbocycles. The first-order valence-corrected chi connectivity index (χ1v) is 11.7. The van der Waals surface area contributed by atoms with Crippen LogP contribution >= 0.6 is 23.2 Å². The highest BCUT2D eigenvalue weighted by atomic mass is 35.5. The maximum absolute atomic E-state index is 13.3. The molecule has 2 aromatic rings. The normalized spacial score (nSPS) is 12.7. The van der Waals surface area contributed by atoms with Crippen LogP contribution < -0.4 is 10.1 Å². The van der Waals surface area contributed by atoms with E-state index in [0.717, 1.165) is 17.5 Å². The largest absolute Gasteiger partial charge is 0.484 e. The van der Waals surface area contributed by atoms with Crippen molar-refractivity contribution in [2.24, 2.45) is 0 Å². The van der Waals surface area contributed by atoms with Crippen molar-refractivity contribution in [1.29, 1.82) is 0 Å². The Labute approximate surface area is 201 Å². The molecule has 0 fully saturated rings. The smallest absolute Gasteiger partial charge is 0.261 e. The number of rotatable bonds is 10. The number of hydrogen-bond acceptors (Lipinski definition) is 3. The van der Waals surface area contributed by atoms with E-state index in [0.29, 0.717) is 27.8 Å². The van der Waals surface area contributed by atoms with Gasteiger partial charge >= 0.3 is 0 Å². The highest BCUT2D eigenvalue weighted by Crippen LogP contribution is 2.24. The van der Waals surface area contributed by atoms with Crippen molar-refractivity contribution in [3.63, 3.8) is 0 Å². The van der Waals surface area contributed by atoms with Crippen molar-refractivity contribution >= 4 is 35.0 Å². The summed E-state index contributed by atoms with van der Waals surface area (Å²) in [7, 11) is 0. The van der Waals surface area contributed by atoms with Gasteiger partial charge in [0.1, 0.15) is 11.8 Å².